The SMILES string of the molecule is CC(C)C1CC=C(C(F)F)CC1N. The highest BCUT2D eigenvalue weighted by Gasteiger charge is 2.27. The van der Waals surface area contributed by atoms with E-state index >= 15 is 0 Å². The van der Waals surface area contributed by atoms with Crippen molar-refractivity contribution >= 4 is 0 Å². The minimum atomic E-state index is -2.32. The third kappa shape index (κ3) is 2.50. The van der Waals surface area contributed by atoms with Crippen molar-refractivity contribution in [3.63, 3.8) is 0 Å². The summed E-state index contributed by atoms with van der Waals surface area (Å²) in [7, 11) is 0. The monoisotopic (exact) mass is 189 g/mol. The molecule has 0 aliphatic heterocycles. The van der Waals surface area contributed by atoms with Crippen molar-refractivity contribution in [2.45, 2.75) is 39.2 Å². The lowest BCUT2D eigenvalue weighted by atomic mass is 9.79. The number of alkyl halides is 2. The Kier molecular flexibility index (Phi) is 3.42. The van der Waals surface area contributed by atoms with Gasteiger partial charge in [0.1, 0.15) is 0 Å². The summed E-state index contributed by atoms with van der Waals surface area (Å²) in [5.74, 6) is 0.841. The zero-order valence-electron chi connectivity index (χ0n) is 8.13. The van der Waals surface area contributed by atoms with Crippen molar-refractivity contribution in [2.24, 2.45) is 17.6 Å². The summed E-state index contributed by atoms with van der Waals surface area (Å²) in [6, 6.07) is -0.0889. The molecule has 1 rings (SSSR count). The molecule has 1 aliphatic carbocycles. The smallest absolute Gasteiger partial charge is 0.259 e. The number of hydrogen-bond acceptors (Lipinski definition) is 1. The highest BCUT2D eigenvalue weighted by atomic mass is 19.3. The fourth-order valence-electron chi connectivity index (χ4n) is 1.91. The molecule has 76 valence electrons. The zero-order chi connectivity index (χ0) is 10.0. The van der Waals surface area contributed by atoms with Gasteiger partial charge in [-0.15, -0.1) is 0 Å². The van der Waals surface area contributed by atoms with E-state index in [0.717, 1.165) is 0 Å². The van der Waals surface area contributed by atoms with Gasteiger partial charge in [-0.25, -0.2) is 8.78 Å². The number of nitrogens with two attached hydrogens (primary N) is 1. The van der Waals surface area contributed by atoms with Crippen molar-refractivity contribution < 1.29 is 8.78 Å². The minimum Gasteiger partial charge on any atom is -0.327 e. The predicted molar refractivity (Wildman–Crippen MR) is 49.6 cm³/mol. The number of hydrogen-bond donors (Lipinski definition) is 1. The normalized spacial score (nSPS) is 29.6. The molecular formula is C10H17F2N. The first-order chi connectivity index (χ1) is 6.02. The molecule has 0 saturated heterocycles. The third-order valence-corrected chi connectivity index (χ3v) is 2.81. The maximum Gasteiger partial charge on any atom is 0.259 e. The molecule has 1 aliphatic rings. The summed E-state index contributed by atoms with van der Waals surface area (Å²) < 4.78 is 24.6. The van der Waals surface area contributed by atoms with Crippen LogP contribution in [0, 0.1) is 11.8 Å². The van der Waals surface area contributed by atoms with Gasteiger partial charge in [0.2, 0.25) is 0 Å². The first kappa shape index (κ1) is 10.6. The van der Waals surface area contributed by atoms with Gasteiger partial charge < -0.3 is 5.73 Å². The Morgan fingerprint density at radius 1 is 1.46 bits per heavy atom. The van der Waals surface area contributed by atoms with Crippen molar-refractivity contribution in [3.05, 3.63) is 11.6 Å². The molecule has 2 N–H and O–H groups in total. The molecule has 1 nitrogen and oxygen atoms in total. The van der Waals surface area contributed by atoms with Gasteiger partial charge in [-0.05, 0) is 30.3 Å². The van der Waals surface area contributed by atoms with Gasteiger partial charge in [0.15, 0.2) is 0 Å². The molecule has 0 fully saturated rings. The third-order valence-electron chi connectivity index (χ3n) is 2.81. The maximum atomic E-state index is 12.3. The Balaban J connectivity index is 2.63. The maximum absolute atomic E-state index is 12.3. The predicted octanol–water partition coefficient (Wildman–Crippen LogP) is 2.57. The fourth-order valence-corrected chi connectivity index (χ4v) is 1.91. The molecule has 13 heavy (non-hydrogen) atoms. The van der Waals surface area contributed by atoms with Crippen LogP contribution >= 0.6 is 0 Å². The summed E-state index contributed by atoms with van der Waals surface area (Å²) in [5.41, 5.74) is 6.06. The molecule has 0 amide bonds. The van der Waals surface area contributed by atoms with Gasteiger partial charge in [-0.3, -0.25) is 0 Å². The largest absolute Gasteiger partial charge is 0.327 e. The molecule has 0 aromatic rings. The lowest BCUT2D eigenvalue weighted by molar-refractivity contribution is 0.171. The second-order valence-corrected chi connectivity index (χ2v) is 4.09. The van der Waals surface area contributed by atoms with Gasteiger partial charge in [0.25, 0.3) is 6.43 Å². The van der Waals surface area contributed by atoms with Gasteiger partial charge in [-0.1, -0.05) is 19.9 Å². The second-order valence-electron chi connectivity index (χ2n) is 4.09. The lowest BCUT2D eigenvalue weighted by Crippen LogP contribution is -2.36. The van der Waals surface area contributed by atoms with E-state index in [1.165, 1.54) is 0 Å². The van der Waals surface area contributed by atoms with E-state index in [-0.39, 0.29) is 11.6 Å². The molecule has 2 unspecified atom stereocenters. The Bertz CT molecular complexity index is 199. The van der Waals surface area contributed by atoms with E-state index in [1.807, 2.05) is 0 Å². The Labute approximate surface area is 78.0 Å². The topological polar surface area (TPSA) is 26.0 Å². The Hall–Kier alpha value is -0.440. The van der Waals surface area contributed by atoms with E-state index in [9.17, 15) is 8.78 Å². The summed E-state index contributed by atoms with van der Waals surface area (Å²) >= 11 is 0. The first-order valence-electron chi connectivity index (χ1n) is 4.75. The number of halogens is 2. The van der Waals surface area contributed by atoms with E-state index in [2.05, 4.69) is 13.8 Å². The van der Waals surface area contributed by atoms with Gasteiger partial charge in [0, 0.05) is 6.04 Å². The first-order valence-corrected chi connectivity index (χ1v) is 4.75. The van der Waals surface area contributed by atoms with Crippen LogP contribution in [0.15, 0.2) is 11.6 Å². The molecule has 0 bridgehead atoms. The van der Waals surface area contributed by atoms with E-state index in [1.54, 1.807) is 6.08 Å². The molecule has 0 heterocycles. The van der Waals surface area contributed by atoms with E-state index in [4.69, 9.17) is 5.73 Å². The van der Waals surface area contributed by atoms with Crippen LogP contribution in [0.1, 0.15) is 26.7 Å². The lowest BCUT2D eigenvalue weighted by Gasteiger charge is -2.31. The van der Waals surface area contributed by atoms with Crippen molar-refractivity contribution in [1.82, 2.24) is 0 Å². The van der Waals surface area contributed by atoms with Gasteiger partial charge in [0.05, 0.1) is 0 Å². The average molecular weight is 189 g/mol. The number of allylic oxidation sites excluding steroid dienone is 1. The molecule has 0 aromatic heterocycles. The molecule has 0 saturated carbocycles. The summed E-state index contributed by atoms with van der Waals surface area (Å²) in [5, 5.41) is 0. The second kappa shape index (κ2) is 4.18. The Morgan fingerprint density at radius 3 is 2.46 bits per heavy atom. The van der Waals surface area contributed by atoms with Gasteiger partial charge >= 0.3 is 0 Å². The van der Waals surface area contributed by atoms with E-state index in [0.29, 0.717) is 24.7 Å². The van der Waals surface area contributed by atoms with Crippen LogP contribution in [0.3, 0.4) is 0 Å². The van der Waals surface area contributed by atoms with Crippen LogP contribution < -0.4 is 5.73 Å². The quantitative estimate of drug-likeness (QED) is 0.664. The van der Waals surface area contributed by atoms with E-state index < -0.39 is 6.43 Å². The molecular weight excluding hydrogens is 172 g/mol. The van der Waals surface area contributed by atoms with Crippen molar-refractivity contribution in [3.8, 4) is 0 Å². The molecule has 2 atom stereocenters. The van der Waals surface area contributed by atoms with Crippen LogP contribution in [0.2, 0.25) is 0 Å². The fraction of sp³-hybridized carbons (Fsp3) is 0.800. The standard InChI is InChI=1S/C10H17F2N/c1-6(2)8-4-3-7(10(11)12)5-9(8)13/h3,6,8-10H,4-5,13H2,1-2H3. The summed E-state index contributed by atoms with van der Waals surface area (Å²) in [6.45, 7) is 4.18. The van der Waals surface area contributed by atoms with Crippen molar-refractivity contribution in [1.29, 1.82) is 0 Å². The van der Waals surface area contributed by atoms with Crippen molar-refractivity contribution in [2.75, 3.05) is 0 Å². The van der Waals surface area contributed by atoms with Crippen LogP contribution in [-0.2, 0) is 0 Å². The van der Waals surface area contributed by atoms with Crippen LogP contribution in [0.25, 0.3) is 0 Å². The minimum absolute atomic E-state index is 0.0889. The van der Waals surface area contributed by atoms with Crippen LogP contribution in [0.5, 0.6) is 0 Å². The van der Waals surface area contributed by atoms with Gasteiger partial charge in [-0.2, -0.15) is 0 Å². The van der Waals surface area contributed by atoms with Crippen LogP contribution in [-0.4, -0.2) is 12.5 Å². The molecule has 3 heteroatoms. The molecule has 0 aromatic carbocycles. The zero-order valence-corrected chi connectivity index (χ0v) is 8.13. The highest BCUT2D eigenvalue weighted by molar-refractivity contribution is 5.12. The van der Waals surface area contributed by atoms with Crippen LogP contribution in [0.4, 0.5) is 8.78 Å². The summed E-state index contributed by atoms with van der Waals surface area (Å²) in [4.78, 5) is 0. The Morgan fingerprint density at radius 2 is 2.08 bits per heavy atom. The highest BCUT2D eigenvalue weighted by Crippen LogP contribution is 2.30. The molecule has 0 radical (unpaired) electrons. The number of rotatable bonds is 2. The average Bonchev–Trinajstić information content (AvgIpc) is 2.03. The molecule has 0 spiro atoms. The summed E-state index contributed by atoms with van der Waals surface area (Å²) in [6.07, 6.45) is 0.414.